The van der Waals surface area contributed by atoms with Crippen LogP contribution in [0.2, 0.25) is 0 Å². The molecule has 0 bridgehead atoms. The minimum atomic E-state index is -0.0221. The first-order valence-electron chi connectivity index (χ1n) is 9.84. The second-order valence-electron chi connectivity index (χ2n) is 7.66. The minimum Gasteiger partial charge on any atom is -0.487 e. The monoisotopic (exact) mass is 364 g/mol. The largest absolute Gasteiger partial charge is 0.487 e. The highest BCUT2D eigenvalue weighted by atomic mass is 16.5. The minimum absolute atomic E-state index is 0.0221. The van der Waals surface area contributed by atoms with Crippen molar-refractivity contribution in [1.82, 2.24) is 15.6 Å². The molecule has 1 atom stereocenters. The topological polar surface area (TPSA) is 58.5 Å². The Bertz CT molecular complexity index is 809. The maximum absolute atomic E-state index is 6.46. The quantitative estimate of drug-likeness (QED) is 0.641. The number of guanidine groups is 1. The van der Waals surface area contributed by atoms with Crippen molar-refractivity contribution in [2.45, 2.75) is 57.2 Å². The predicted molar refractivity (Wildman–Crippen MR) is 108 cm³/mol. The molecule has 0 saturated heterocycles. The summed E-state index contributed by atoms with van der Waals surface area (Å²) in [5.41, 5.74) is 3.37. The van der Waals surface area contributed by atoms with E-state index in [9.17, 15) is 0 Å². The van der Waals surface area contributed by atoms with Crippen LogP contribution in [0.4, 0.5) is 0 Å². The molecule has 1 fully saturated rings. The van der Waals surface area contributed by atoms with E-state index in [4.69, 9.17) is 4.74 Å². The van der Waals surface area contributed by atoms with Gasteiger partial charge in [0.15, 0.2) is 5.96 Å². The summed E-state index contributed by atoms with van der Waals surface area (Å²) >= 11 is 0. The SMILES string of the molecule is CN=C(NCc1ccc(C)nc1)NC1CC2(CCCC2)Oc2ccccc21. The number of benzene rings is 1. The number of aryl methyl sites for hydroxylation is 1. The van der Waals surface area contributed by atoms with Gasteiger partial charge in [0.25, 0.3) is 0 Å². The molecule has 1 unspecified atom stereocenters. The molecule has 1 aromatic carbocycles. The molecule has 27 heavy (non-hydrogen) atoms. The molecule has 2 aromatic rings. The van der Waals surface area contributed by atoms with Crippen molar-refractivity contribution in [3.05, 3.63) is 59.4 Å². The number of aromatic nitrogens is 1. The van der Waals surface area contributed by atoms with Crippen LogP contribution in [0.25, 0.3) is 0 Å². The van der Waals surface area contributed by atoms with Gasteiger partial charge in [-0.05, 0) is 50.3 Å². The normalized spacial score (nSPS) is 20.8. The van der Waals surface area contributed by atoms with Crippen molar-refractivity contribution in [3.8, 4) is 5.75 Å². The molecule has 2 aliphatic rings. The van der Waals surface area contributed by atoms with Crippen LogP contribution in [0.1, 0.15) is 55.0 Å². The van der Waals surface area contributed by atoms with Crippen molar-refractivity contribution in [1.29, 1.82) is 0 Å². The lowest BCUT2D eigenvalue weighted by Gasteiger charge is -2.40. The van der Waals surface area contributed by atoms with Crippen LogP contribution in [0.5, 0.6) is 5.75 Å². The number of nitrogens with one attached hydrogen (secondary N) is 2. The predicted octanol–water partition coefficient (Wildman–Crippen LogP) is 3.89. The Morgan fingerprint density at radius 2 is 2.04 bits per heavy atom. The zero-order valence-corrected chi connectivity index (χ0v) is 16.2. The van der Waals surface area contributed by atoms with Gasteiger partial charge in [-0.1, -0.05) is 24.3 Å². The highest BCUT2D eigenvalue weighted by molar-refractivity contribution is 5.80. The van der Waals surface area contributed by atoms with Gasteiger partial charge in [0, 0.05) is 37.5 Å². The summed E-state index contributed by atoms with van der Waals surface area (Å²) in [5.74, 6) is 1.83. The van der Waals surface area contributed by atoms with Gasteiger partial charge in [-0.25, -0.2) is 0 Å². The first-order valence-corrected chi connectivity index (χ1v) is 9.84. The summed E-state index contributed by atoms with van der Waals surface area (Å²) < 4.78 is 6.46. The van der Waals surface area contributed by atoms with Crippen LogP contribution >= 0.6 is 0 Å². The molecular formula is C22H28N4O. The number of fused-ring (bicyclic) bond motifs is 1. The van der Waals surface area contributed by atoms with Gasteiger partial charge in [-0.3, -0.25) is 9.98 Å². The highest BCUT2D eigenvalue weighted by Crippen LogP contribution is 2.46. The molecule has 1 aliphatic carbocycles. The van der Waals surface area contributed by atoms with E-state index in [2.05, 4.69) is 50.9 Å². The Morgan fingerprint density at radius 1 is 1.22 bits per heavy atom. The third-order valence-corrected chi connectivity index (χ3v) is 5.68. The first-order chi connectivity index (χ1) is 13.2. The van der Waals surface area contributed by atoms with E-state index in [1.807, 2.05) is 26.2 Å². The molecule has 1 spiro atoms. The van der Waals surface area contributed by atoms with Crippen LogP contribution in [0, 0.1) is 6.92 Å². The standard InChI is InChI=1S/C22H28N4O/c1-16-9-10-17(14-24-16)15-25-21(23-2)26-19-13-22(11-5-6-12-22)27-20-8-4-3-7-18(19)20/h3-4,7-10,14,19H,5-6,11-13,15H2,1-2H3,(H2,23,25,26). The van der Waals surface area contributed by atoms with Crippen LogP contribution < -0.4 is 15.4 Å². The van der Waals surface area contributed by atoms with E-state index in [0.717, 1.165) is 42.2 Å². The summed E-state index contributed by atoms with van der Waals surface area (Å²) in [4.78, 5) is 8.80. The number of ether oxygens (including phenoxy) is 1. The van der Waals surface area contributed by atoms with E-state index >= 15 is 0 Å². The van der Waals surface area contributed by atoms with Crippen molar-refractivity contribution in [2.24, 2.45) is 4.99 Å². The van der Waals surface area contributed by atoms with Gasteiger partial charge in [-0.2, -0.15) is 0 Å². The molecule has 0 amide bonds. The Balaban J connectivity index is 1.48. The van der Waals surface area contributed by atoms with Crippen LogP contribution in [0.15, 0.2) is 47.6 Å². The van der Waals surface area contributed by atoms with E-state index in [1.165, 1.54) is 18.4 Å². The Labute approximate surface area is 161 Å². The Kier molecular flexibility index (Phi) is 5.01. The van der Waals surface area contributed by atoms with Gasteiger partial charge in [0.1, 0.15) is 11.4 Å². The fourth-order valence-electron chi connectivity index (χ4n) is 4.22. The zero-order valence-electron chi connectivity index (χ0n) is 16.2. The van der Waals surface area contributed by atoms with Gasteiger partial charge in [0.2, 0.25) is 0 Å². The van der Waals surface area contributed by atoms with Crippen molar-refractivity contribution < 1.29 is 4.74 Å². The summed E-state index contributed by atoms with van der Waals surface area (Å²) in [6.07, 6.45) is 7.68. The van der Waals surface area contributed by atoms with Crippen molar-refractivity contribution >= 4 is 5.96 Å². The molecule has 1 aromatic heterocycles. The molecule has 1 saturated carbocycles. The fourth-order valence-corrected chi connectivity index (χ4v) is 4.22. The lowest BCUT2D eigenvalue weighted by atomic mass is 9.86. The molecule has 2 heterocycles. The summed E-state index contributed by atoms with van der Waals surface area (Å²) in [7, 11) is 1.82. The van der Waals surface area contributed by atoms with Gasteiger partial charge >= 0.3 is 0 Å². The molecule has 5 heteroatoms. The van der Waals surface area contributed by atoms with E-state index in [-0.39, 0.29) is 11.6 Å². The van der Waals surface area contributed by atoms with E-state index in [0.29, 0.717) is 6.54 Å². The molecule has 142 valence electrons. The molecule has 0 radical (unpaired) electrons. The number of hydrogen-bond acceptors (Lipinski definition) is 3. The Morgan fingerprint density at radius 3 is 2.78 bits per heavy atom. The molecule has 1 aliphatic heterocycles. The molecule has 2 N–H and O–H groups in total. The zero-order chi connectivity index (χ0) is 18.7. The number of para-hydroxylation sites is 1. The van der Waals surface area contributed by atoms with E-state index in [1.54, 1.807) is 0 Å². The number of nitrogens with zero attached hydrogens (tertiary/aromatic N) is 2. The molecular weight excluding hydrogens is 336 g/mol. The van der Waals surface area contributed by atoms with Gasteiger partial charge in [-0.15, -0.1) is 0 Å². The van der Waals surface area contributed by atoms with E-state index < -0.39 is 0 Å². The lowest BCUT2D eigenvalue weighted by Crippen LogP contribution is -2.46. The van der Waals surface area contributed by atoms with Crippen LogP contribution in [-0.2, 0) is 6.54 Å². The van der Waals surface area contributed by atoms with Crippen LogP contribution in [-0.4, -0.2) is 23.6 Å². The number of aliphatic imine (C=N–C) groups is 1. The first kappa shape index (κ1) is 17.8. The van der Waals surface area contributed by atoms with Crippen molar-refractivity contribution in [3.63, 3.8) is 0 Å². The summed E-state index contributed by atoms with van der Waals surface area (Å²) in [5, 5.41) is 7.05. The van der Waals surface area contributed by atoms with Crippen LogP contribution in [0.3, 0.4) is 0 Å². The second-order valence-corrected chi connectivity index (χ2v) is 7.66. The average Bonchev–Trinajstić information content (AvgIpc) is 3.13. The maximum Gasteiger partial charge on any atom is 0.191 e. The average molecular weight is 364 g/mol. The third kappa shape index (κ3) is 3.92. The number of rotatable bonds is 3. The summed E-state index contributed by atoms with van der Waals surface area (Å²) in [6, 6.07) is 12.7. The third-order valence-electron chi connectivity index (χ3n) is 5.68. The second kappa shape index (κ2) is 7.59. The smallest absolute Gasteiger partial charge is 0.191 e. The molecule has 5 nitrogen and oxygen atoms in total. The lowest BCUT2D eigenvalue weighted by molar-refractivity contribution is 0.0396. The highest BCUT2D eigenvalue weighted by Gasteiger charge is 2.43. The number of hydrogen-bond donors (Lipinski definition) is 2. The maximum atomic E-state index is 6.46. The number of pyridine rings is 1. The molecule has 4 rings (SSSR count). The van der Waals surface area contributed by atoms with Gasteiger partial charge in [0.05, 0.1) is 6.04 Å². The fraction of sp³-hybridized carbons (Fsp3) is 0.455. The van der Waals surface area contributed by atoms with Crippen molar-refractivity contribution in [2.75, 3.05) is 7.05 Å². The Hall–Kier alpha value is -2.56. The van der Waals surface area contributed by atoms with Gasteiger partial charge < -0.3 is 15.4 Å². The summed E-state index contributed by atoms with van der Waals surface area (Å²) in [6.45, 7) is 2.70.